The zero-order valence-electron chi connectivity index (χ0n) is 16.3. The van der Waals surface area contributed by atoms with E-state index in [0.29, 0.717) is 24.6 Å². The van der Waals surface area contributed by atoms with Gasteiger partial charge in [-0.05, 0) is 54.2 Å². The van der Waals surface area contributed by atoms with Crippen LogP contribution in [-0.4, -0.2) is 17.5 Å². The molecule has 0 atom stereocenters. The molecular formula is C22H26N2O2S. The molecule has 4 nitrogen and oxygen atoms in total. The number of carbonyl (C=O) groups excluding carboxylic acids is 1. The largest absolute Gasteiger partial charge is 0.494 e. The predicted octanol–water partition coefficient (Wildman–Crippen LogP) is 5.70. The second-order valence-corrected chi connectivity index (χ2v) is 8.80. The molecule has 0 spiro atoms. The zero-order valence-corrected chi connectivity index (χ0v) is 17.2. The molecule has 0 bridgehead atoms. The molecule has 0 aliphatic rings. The van der Waals surface area contributed by atoms with Crippen molar-refractivity contribution in [2.24, 2.45) is 0 Å². The summed E-state index contributed by atoms with van der Waals surface area (Å²) in [4.78, 5) is 16.7. The number of aromatic nitrogens is 1. The molecule has 1 amide bonds. The van der Waals surface area contributed by atoms with Crippen LogP contribution in [0.1, 0.15) is 44.7 Å². The summed E-state index contributed by atoms with van der Waals surface area (Å²) < 4.78 is 6.79. The fraction of sp³-hybridized carbons (Fsp3) is 0.364. The first-order valence-corrected chi connectivity index (χ1v) is 10.0. The fourth-order valence-corrected chi connectivity index (χ4v) is 3.68. The van der Waals surface area contributed by atoms with Crippen LogP contribution >= 0.6 is 11.3 Å². The van der Waals surface area contributed by atoms with Gasteiger partial charge in [0.05, 0.1) is 16.8 Å². The smallest absolute Gasteiger partial charge is 0.226 e. The Kier molecular flexibility index (Phi) is 5.80. The highest BCUT2D eigenvalue weighted by atomic mass is 32.1. The van der Waals surface area contributed by atoms with Crippen molar-refractivity contribution < 1.29 is 9.53 Å². The number of hydrogen-bond donors (Lipinski definition) is 1. The number of ether oxygens (including phenoxy) is 1. The third kappa shape index (κ3) is 5.30. The van der Waals surface area contributed by atoms with E-state index in [0.717, 1.165) is 21.5 Å². The van der Waals surface area contributed by atoms with E-state index in [1.807, 2.05) is 37.3 Å². The summed E-state index contributed by atoms with van der Waals surface area (Å²) >= 11 is 1.52. The van der Waals surface area contributed by atoms with Crippen molar-refractivity contribution in [2.45, 2.75) is 46.0 Å². The highest BCUT2D eigenvalue weighted by molar-refractivity contribution is 7.22. The second kappa shape index (κ2) is 8.09. The van der Waals surface area contributed by atoms with E-state index in [2.05, 4.69) is 43.2 Å². The number of amides is 1. The molecule has 2 aromatic carbocycles. The molecule has 0 unspecified atom stereocenters. The van der Waals surface area contributed by atoms with Gasteiger partial charge in [0.2, 0.25) is 5.91 Å². The standard InChI is InChI=1S/C22H26N2O2S/c1-15-7-5-8-17(13-15)26-12-6-9-20(25)24-21-23-18-11-10-16(22(2,3)4)14-19(18)27-21/h5,7-8,10-11,13-14H,6,9,12H2,1-4H3,(H,23,24,25). The third-order valence-electron chi connectivity index (χ3n) is 4.31. The first kappa shape index (κ1) is 19.4. The molecule has 1 N–H and O–H groups in total. The SMILES string of the molecule is Cc1cccc(OCCCC(=O)Nc2nc3ccc(C(C)(C)C)cc3s2)c1. The Hall–Kier alpha value is -2.40. The molecule has 3 rings (SSSR count). The van der Waals surface area contributed by atoms with Crippen molar-refractivity contribution in [3.05, 3.63) is 53.6 Å². The molecule has 0 saturated carbocycles. The molecule has 1 aromatic heterocycles. The summed E-state index contributed by atoms with van der Waals surface area (Å²) in [5.41, 5.74) is 3.45. The lowest BCUT2D eigenvalue weighted by Crippen LogP contribution is -2.12. The minimum Gasteiger partial charge on any atom is -0.494 e. The molecule has 0 aliphatic heterocycles. The number of aryl methyl sites for hydroxylation is 1. The molecule has 27 heavy (non-hydrogen) atoms. The highest BCUT2D eigenvalue weighted by Gasteiger charge is 2.15. The number of carbonyl (C=O) groups is 1. The van der Waals surface area contributed by atoms with Crippen LogP contribution in [0.4, 0.5) is 5.13 Å². The molecule has 0 radical (unpaired) electrons. The lowest BCUT2D eigenvalue weighted by molar-refractivity contribution is -0.116. The minimum absolute atomic E-state index is 0.0297. The van der Waals surface area contributed by atoms with Gasteiger partial charge in [0.25, 0.3) is 0 Å². The van der Waals surface area contributed by atoms with E-state index < -0.39 is 0 Å². The Morgan fingerprint density at radius 3 is 2.74 bits per heavy atom. The number of hydrogen-bond acceptors (Lipinski definition) is 4. The van der Waals surface area contributed by atoms with Gasteiger partial charge >= 0.3 is 0 Å². The minimum atomic E-state index is -0.0297. The molecule has 0 saturated heterocycles. The van der Waals surface area contributed by atoms with Crippen molar-refractivity contribution in [1.82, 2.24) is 4.98 Å². The van der Waals surface area contributed by atoms with E-state index in [9.17, 15) is 4.79 Å². The monoisotopic (exact) mass is 382 g/mol. The Morgan fingerprint density at radius 1 is 1.19 bits per heavy atom. The van der Waals surface area contributed by atoms with Crippen LogP contribution in [0.25, 0.3) is 10.2 Å². The van der Waals surface area contributed by atoms with Gasteiger partial charge in [0, 0.05) is 6.42 Å². The van der Waals surface area contributed by atoms with E-state index in [1.54, 1.807) is 0 Å². The Bertz CT molecular complexity index is 941. The van der Waals surface area contributed by atoms with Crippen LogP contribution in [0.2, 0.25) is 0 Å². The highest BCUT2D eigenvalue weighted by Crippen LogP contribution is 2.31. The molecule has 0 fully saturated rings. The Labute approximate surface area is 164 Å². The number of thiazole rings is 1. The van der Waals surface area contributed by atoms with Gasteiger partial charge in [0.1, 0.15) is 5.75 Å². The first-order valence-electron chi connectivity index (χ1n) is 9.22. The average Bonchev–Trinajstić information content (AvgIpc) is 2.99. The van der Waals surface area contributed by atoms with Crippen LogP contribution in [-0.2, 0) is 10.2 Å². The lowest BCUT2D eigenvalue weighted by Gasteiger charge is -2.18. The van der Waals surface area contributed by atoms with Crippen molar-refractivity contribution >= 4 is 32.6 Å². The Morgan fingerprint density at radius 2 is 2.00 bits per heavy atom. The summed E-state index contributed by atoms with van der Waals surface area (Å²) in [7, 11) is 0. The summed E-state index contributed by atoms with van der Waals surface area (Å²) in [6.45, 7) is 9.12. The number of nitrogens with one attached hydrogen (secondary N) is 1. The van der Waals surface area contributed by atoms with Crippen molar-refractivity contribution in [1.29, 1.82) is 0 Å². The number of nitrogens with zero attached hydrogens (tertiary/aromatic N) is 1. The predicted molar refractivity (Wildman–Crippen MR) is 113 cm³/mol. The molecule has 3 aromatic rings. The number of rotatable bonds is 6. The summed E-state index contributed by atoms with van der Waals surface area (Å²) in [6, 6.07) is 14.2. The summed E-state index contributed by atoms with van der Waals surface area (Å²) in [5, 5.41) is 3.56. The fourth-order valence-electron chi connectivity index (χ4n) is 2.75. The molecule has 0 aliphatic carbocycles. The van der Waals surface area contributed by atoms with E-state index >= 15 is 0 Å². The van der Waals surface area contributed by atoms with Gasteiger partial charge in [-0.15, -0.1) is 0 Å². The van der Waals surface area contributed by atoms with Crippen LogP contribution in [0, 0.1) is 6.92 Å². The third-order valence-corrected chi connectivity index (χ3v) is 5.24. The van der Waals surface area contributed by atoms with Gasteiger partial charge < -0.3 is 10.1 Å². The number of anilines is 1. The second-order valence-electron chi connectivity index (χ2n) is 7.77. The van der Waals surface area contributed by atoms with Crippen molar-refractivity contribution in [3.63, 3.8) is 0 Å². The summed E-state index contributed by atoms with van der Waals surface area (Å²) in [5.74, 6) is 0.814. The first-order chi connectivity index (χ1) is 12.8. The molecule has 142 valence electrons. The zero-order chi connectivity index (χ0) is 19.4. The van der Waals surface area contributed by atoms with Gasteiger partial charge in [-0.1, -0.05) is 50.3 Å². The maximum absolute atomic E-state index is 12.2. The van der Waals surface area contributed by atoms with Gasteiger partial charge in [-0.25, -0.2) is 4.98 Å². The van der Waals surface area contributed by atoms with Crippen LogP contribution in [0.5, 0.6) is 5.75 Å². The molecule has 5 heteroatoms. The molecule has 1 heterocycles. The maximum atomic E-state index is 12.2. The quantitative estimate of drug-likeness (QED) is 0.556. The topological polar surface area (TPSA) is 51.2 Å². The molecular weight excluding hydrogens is 356 g/mol. The van der Waals surface area contributed by atoms with Crippen LogP contribution < -0.4 is 10.1 Å². The number of fused-ring (bicyclic) bond motifs is 1. The Balaban J connectivity index is 1.51. The van der Waals surface area contributed by atoms with Gasteiger partial charge in [-0.3, -0.25) is 4.79 Å². The van der Waals surface area contributed by atoms with E-state index in [1.165, 1.54) is 16.9 Å². The summed E-state index contributed by atoms with van der Waals surface area (Å²) in [6.07, 6.45) is 1.08. The van der Waals surface area contributed by atoms with Gasteiger partial charge in [-0.2, -0.15) is 0 Å². The average molecular weight is 383 g/mol. The maximum Gasteiger partial charge on any atom is 0.226 e. The van der Waals surface area contributed by atoms with Crippen LogP contribution in [0.15, 0.2) is 42.5 Å². The van der Waals surface area contributed by atoms with Crippen molar-refractivity contribution in [2.75, 3.05) is 11.9 Å². The van der Waals surface area contributed by atoms with E-state index in [4.69, 9.17) is 4.74 Å². The number of benzene rings is 2. The normalized spacial score (nSPS) is 11.6. The lowest BCUT2D eigenvalue weighted by atomic mass is 9.87. The van der Waals surface area contributed by atoms with Gasteiger partial charge in [0.15, 0.2) is 5.13 Å². The van der Waals surface area contributed by atoms with E-state index in [-0.39, 0.29) is 11.3 Å². The van der Waals surface area contributed by atoms with Crippen LogP contribution in [0.3, 0.4) is 0 Å². The van der Waals surface area contributed by atoms with Crippen molar-refractivity contribution in [3.8, 4) is 5.75 Å².